The third kappa shape index (κ3) is 2.55. The number of benzene rings is 1. The number of imidazole rings is 1. The fourth-order valence-corrected chi connectivity index (χ4v) is 2.27. The van der Waals surface area contributed by atoms with E-state index in [0.29, 0.717) is 29.0 Å². The van der Waals surface area contributed by atoms with Gasteiger partial charge in [-0.3, -0.25) is 4.39 Å². The molecule has 0 saturated carbocycles. The minimum absolute atomic E-state index is 0.379. The number of fused-ring (bicyclic) bond motifs is 1. The Morgan fingerprint density at radius 2 is 2.05 bits per heavy atom. The van der Waals surface area contributed by atoms with E-state index in [1.807, 2.05) is 24.3 Å². The number of aryl methyl sites for hydroxylation is 1. The maximum Gasteiger partial charge on any atom is 0.340 e. The number of carbonyl (C=O) groups is 1. The smallest absolute Gasteiger partial charge is 0.340 e. The van der Waals surface area contributed by atoms with Crippen molar-refractivity contribution in [3.05, 3.63) is 47.7 Å². The third-order valence-electron chi connectivity index (χ3n) is 3.41. The molecular weight excluding hydrogens is 285 g/mol. The number of halogens is 1. The van der Waals surface area contributed by atoms with Gasteiger partial charge in [-0.15, -0.1) is 0 Å². The van der Waals surface area contributed by atoms with Gasteiger partial charge in [0.1, 0.15) is 5.82 Å². The van der Waals surface area contributed by atoms with Crippen molar-refractivity contribution in [3.63, 3.8) is 0 Å². The molecule has 3 rings (SSSR count). The Bertz CT molecular complexity index is 812. The number of alkyl halides is 1. The van der Waals surface area contributed by atoms with Crippen molar-refractivity contribution < 1.29 is 13.9 Å². The molecule has 5 nitrogen and oxygen atoms in total. The van der Waals surface area contributed by atoms with Gasteiger partial charge in [0.2, 0.25) is 0 Å². The number of nitrogens with one attached hydrogen (secondary N) is 1. The zero-order valence-corrected chi connectivity index (χ0v) is 12.0. The Kier molecular flexibility index (Phi) is 3.82. The van der Waals surface area contributed by atoms with Crippen molar-refractivity contribution in [2.24, 2.45) is 0 Å². The molecule has 0 unspecified atom stereocenters. The first-order chi connectivity index (χ1) is 10.7. The number of H-pyrrole nitrogens is 1. The van der Waals surface area contributed by atoms with E-state index in [1.165, 1.54) is 13.3 Å². The molecule has 3 aromatic rings. The number of methoxy groups -OCH3 is 1. The number of hydrogen-bond donors (Lipinski definition) is 1. The number of aromatic nitrogens is 3. The van der Waals surface area contributed by atoms with Gasteiger partial charge < -0.3 is 9.72 Å². The predicted octanol–water partition coefficient (Wildman–Crippen LogP) is 2.92. The maximum absolute atomic E-state index is 12.3. The molecule has 1 aromatic carbocycles. The van der Waals surface area contributed by atoms with Crippen LogP contribution < -0.4 is 0 Å². The van der Waals surface area contributed by atoms with Gasteiger partial charge in [0.25, 0.3) is 0 Å². The van der Waals surface area contributed by atoms with Crippen LogP contribution in [0.5, 0.6) is 0 Å². The lowest BCUT2D eigenvalue weighted by atomic mass is 10.1. The molecule has 6 heteroatoms. The maximum atomic E-state index is 12.3. The van der Waals surface area contributed by atoms with Crippen molar-refractivity contribution in [1.82, 2.24) is 15.0 Å². The van der Waals surface area contributed by atoms with Crippen LogP contribution in [0.4, 0.5) is 4.39 Å². The molecule has 0 spiro atoms. The number of aromatic amines is 1. The first-order valence-corrected chi connectivity index (χ1v) is 6.81. The van der Waals surface area contributed by atoms with E-state index in [1.54, 1.807) is 6.07 Å². The molecule has 2 heterocycles. The summed E-state index contributed by atoms with van der Waals surface area (Å²) in [6.07, 6.45) is 1.91. The highest BCUT2D eigenvalue weighted by Gasteiger charge is 2.15. The zero-order valence-electron chi connectivity index (χ0n) is 12.0. The fourth-order valence-electron chi connectivity index (χ4n) is 2.27. The SMILES string of the molecule is COC(=O)c1ccnc2nc(-c3ccc(CCF)cc3)[nH]c12. The lowest BCUT2D eigenvalue weighted by molar-refractivity contribution is 0.0602. The summed E-state index contributed by atoms with van der Waals surface area (Å²) in [4.78, 5) is 23.4. The number of carbonyl (C=O) groups excluding carboxylic acids is 1. The van der Waals surface area contributed by atoms with Gasteiger partial charge in [0.05, 0.1) is 24.9 Å². The van der Waals surface area contributed by atoms with Crippen LogP contribution in [0.25, 0.3) is 22.6 Å². The van der Waals surface area contributed by atoms with E-state index in [2.05, 4.69) is 15.0 Å². The van der Waals surface area contributed by atoms with Gasteiger partial charge in [0, 0.05) is 18.2 Å². The average molecular weight is 299 g/mol. The van der Waals surface area contributed by atoms with Gasteiger partial charge >= 0.3 is 5.97 Å². The highest BCUT2D eigenvalue weighted by Crippen LogP contribution is 2.22. The van der Waals surface area contributed by atoms with Crippen molar-refractivity contribution in [1.29, 1.82) is 0 Å². The van der Waals surface area contributed by atoms with Crippen LogP contribution in [-0.4, -0.2) is 34.7 Å². The van der Waals surface area contributed by atoms with Gasteiger partial charge in [-0.05, 0) is 11.6 Å². The molecule has 0 saturated heterocycles. The summed E-state index contributed by atoms with van der Waals surface area (Å²) in [5.74, 6) is 0.159. The summed E-state index contributed by atoms with van der Waals surface area (Å²) >= 11 is 0. The normalized spacial score (nSPS) is 10.8. The molecule has 0 aliphatic rings. The van der Waals surface area contributed by atoms with E-state index in [0.717, 1.165) is 11.1 Å². The highest BCUT2D eigenvalue weighted by atomic mass is 19.1. The summed E-state index contributed by atoms with van der Waals surface area (Å²) in [5, 5.41) is 0. The summed E-state index contributed by atoms with van der Waals surface area (Å²) in [6, 6.07) is 9.02. The quantitative estimate of drug-likeness (QED) is 0.752. The molecule has 22 heavy (non-hydrogen) atoms. The standard InChI is InChI=1S/C16H14FN3O2/c1-22-16(21)12-7-9-18-15-13(12)19-14(20-15)11-4-2-10(3-5-11)6-8-17/h2-5,7,9H,6,8H2,1H3,(H,18,19,20). The van der Waals surface area contributed by atoms with Gasteiger partial charge in [0.15, 0.2) is 5.65 Å². The predicted molar refractivity (Wildman–Crippen MR) is 80.3 cm³/mol. The first kappa shape index (κ1) is 14.2. The summed E-state index contributed by atoms with van der Waals surface area (Å²) < 4.78 is 17.1. The second kappa shape index (κ2) is 5.93. The largest absolute Gasteiger partial charge is 0.465 e. The molecule has 0 atom stereocenters. The van der Waals surface area contributed by atoms with E-state index in [-0.39, 0.29) is 6.67 Å². The molecule has 0 fully saturated rings. The van der Waals surface area contributed by atoms with Crippen LogP contribution in [0.3, 0.4) is 0 Å². The molecule has 0 radical (unpaired) electrons. The number of hydrogen-bond acceptors (Lipinski definition) is 4. The minimum atomic E-state index is -0.444. The van der Waals surface area contributed by atoms with Crippen LogP contribution >= 0.6 is 0 Å². The molecule has 1 N–H and O–H groups in total. The van der Waals surface area contributed by atoms with E-state index in [9.17, 15) is 9.18 Å². The van der Waals surface area contributed by atoms with Crippen LogP contribution in [-0.2, 0) is 11.2 Å². The van der Waals surface area contributed by atoms with Crippen LogP contribution in [0.15, 0.2) is 36.5 Å². The zero-order chi connectivity index (χ0) is 15.5. The minimum Gasteiger partial charge on any atom is -0.465 e. The number of esters is 1. The van der Waals surface area contributed by atoms with Crippen LogP contribution in [0.1, 0.15) is 15.9 Å². The van der Waals surface area contributed by atoms with Crippen LogP contribution in [0, 0.1) is 0 Å². The molecular formula is C16H14FN3O2. The molecule has 0 bridgehead atoms. The molecule has 0 aliphatic heterocycles. The lowest BCUT2D eigenvalue weighted by Crippen LogP contribution is -2.02. The number of rotatable bonds is 4. The summed E-state index contributed by atoms with van der Waals surface area (Å²) in [7, 11) is 1.33. The first-order valence-electron chi connectivity index (χ1n) is 6.81. The second-order valence-electron chi connectivity index (χ2n) is 4.77. The van der Waals surface area contributed by atoms with E-state index < -0.39 is 5.97 Å². The molecule has 112 valence electrons. The monoisotopic (exact) mass is 299 g/mol. The number of nitrogens with zero attached hydrogens (tertiary/aromatic N) is 2. The van der Waals surface area contributed by atoms with Gasteiger partial charge in [-0.1, -0.05) is 24.3 Å². The summed E-state index contributed by atoms with van der Waals surface area (Å²) in [5.41, 5.74) is 3.15. The highest BCUT2D eigenvalue weighted by molar-refractivity contribution is 6.01. The van der Waals surface area contributed by atoms with Crippen molar-refractivity contribution in [2.75, 3.05) is 13.8 Å². The third-order valence-corrected chi connectivity index (χ3v) is 3.41. The number of pyridine rings is 1. The molecule has 0 amide bonds. The lowest BCUT2D eigenvalue weighted by Gasteiger charge is -2.00. The van der Waals surface area contributed by atoms with E-state index >= 15 is 0 Å². The molecule has 0 aliphatic carbocycles. The van der Waals surface area contributed by atoms with E-state index in [4.69, 9.17) is 4.74 Å². The van der Waals surface area contributed by atoms with Gasteiger partial charge in [-0.2, -0.15) is 0 Å². The molecule has 2 aromatic heterocycles. The Morgan fingerprint density at radius 1 is 1.27 bits per heavy atom. The van der Waals surface area contributed by atoms with Crippen molar-refractivity contribution >= 4 is 17.1 Å². The second-order valence-corrected chi connectivity index (χ2v) is 4.77. The Balaban J connectivity index is 2.03. The van der Waals surface area contributed by atoms with Crippen LogP contribution in [0.2, 0.25) is 0 Å². The fraction of sp³-hybridized carbons (Fsp3) is 0.188. The Labute approximate surface area is 126 Å². The van der Waals surface area contributed by atoms with Gasteiger partial charge in [-0.25, -0.2) is 14.8 Å². The average Bonchev–Trinajstić information content (AvgIpc) is 2.99. The topological polar surface area (TPSA) is 67.9 Å². The Hall–Kier alpha value is -2.76. The number of ether oxygens (including phenoxy) is 1. The van der Waals surface area contributed by atoms with Crippen molar-refractivity contribution in [2.45, 2.75) is 6.42 Å². The van der Waals surface area contributed by atoms with Crippen molar-refractivity contribution in [3.8, 4) is 11.4 Å². The Morgan fingerprint density at radius 3 is 2.73 bits per heavy atom. The summed E-state index contributed by atoms with van der Waals surface area (Å²) in [6.45, 7) is -0.379.